The molecule has 14 heteroatoms. The summed E-state index contributed by atoms with van der Waals surface area (Å²) in [4.78, 5) is 35.6. The maximum atomic E-state index is 12.8. The Kier molecular flexibility index (Phi) is 31.4. The van der Waals surface area contributed by atoms with Gasteiger partial charge in [0.15, 0.2) is 6.10 Å². The van der Waals surface area contributed by atoms with Gasteiger partial charge in [-0.25, -0.2) is 4.57 Å². The highest BCUT2D eigenvalue weighted by Gasteiger charge is 2.51. The topological polar surface area (TPSA) is 210 Å². The largest absolute Gasteiger partial charge is 0.472 e. The quantitative estimate of drug-likeness (QED) is 0.0154. The van der Waals surface area contributed by atoms with Crippen LogP contribution in [0.5, 0.6) is 0 Å². The SMILES string of the molecule is CCCCCCCC/C=C/CCCCCC(=O)OC[C@H](COP(=O)(O)OC1C(O)C(O)C(O)[C@@H](O)C1O)OC(=O)CCCCCCCCCCCCCCCC. The summed E-state index contributed by atoms with van der Waals surface area (Å²) < 4.78 is 33.4. The molecule has 56 heavy (non-hydrogen) atoms. The molecule has 0 heterocycles. The first kappa shape index (κ1) is 52.6. The van der Waals surface area contributed by atoms with Crippen LogP contribution >= 0.6 is 7.82 Å². The van der Waals surface area contributed by atoms with E-state index in [1.807, 2.05) is 0 Å². The summed E-state index contributed by atoms with van der Waals surface area (Å²) in [5.41, 5.74) is 0. The first-order chi connectivity index (χ1) is 26.9. The summed E-state index contributed by atoms with van der Waals surface area (Å²) in [6.45, 7) is 3.27. The average molecular weight is 823 g/mol. The lowest BCUT2D eigenvalue weighted by Gasteiger charge is -2.41. The second-order valence-corrected chi connectivity index (χ2v) is 17.0. The number of carbonyl (C=O) groups excluding carboxylic acids is 2. The van der Waals surface area contributed by atoms with Crippen molar-refractivity contribution in [3.63, 3.8) is 0 Å². The summed E-state index contributed by atoms with van der Waals surface area (Å²) in [5, 5.41) is 50.0. The van der Waals surface area contributed by atoms with Crippen molar-refractivity contribution in [3.05, 3.63) is 12.2 Å². The van der Waals surface area contributed by atoms with E-state index in [-0.39, 0.29) is 12.8 Å². The number of rotatable bonds is 36. The van der Waals surface area contributed by atoms with Crippen molar-refractivity contribution in [2.24, 2.45) is 0 Å². The van der Waals surface area contributed by atoms with Crippen LogP contribution in [0.3, 0.4) is 0 Å². The average Bonchev–Trinajstić information content (AvgIpc) is 3.18. The lowest BCUT2D eigenvalue weighted by Crippen LogP contribution is -2.64. The summed E-state index contributed by atoms with van der Waals surface area (Å²) in [6, 6.07) is 0. The fraction of sp³-hybridized carbons (Fsp3) is 0.905. The molecule has 0 spiro atoms. The van der Waals surface area contributed by atoms with Gasteiger partial charge in [-0.15, -0.1) is 0 Å². The second-order valence-electron chi connectivity index (χ2n) is 15.6. The maximum absolute atomic E-state index is 12.8. The number of hydrogen-bond donors (Lipinski definition) is 6. The number of aliphatic hydroxyl groups excluding tert-OH is 5. The smallest absolute Gasteiger partial charge is 0.462 e. The lowest BCUT2D eigenvalue weighted by atomic mass is 9.85. The molecule has 0 radical (unpaired) electrons. The summed E-state index contributed by atoms with van der Waals surface area (Å²) in [5.74, 6) is -1.11. The highest BCUT2D eigenvalue weighted by atomic mass is 31.2. The van der Waals surface area contributed by atoms with Gasteiger partial charge in [-0.05, 0) is 38.5 Å². The Hall–Kier alpha value is -1.41. The molecule has 0 saturated heterocycles. The molecule has 1 fully saturated rings. The number of esters is 2. The molecule has 0 aromatic heterocycles. The number of unbranched alkanes of at least 4 members (excludes halogenated alkanes) is 22. The fourth-order valence-corrected chi connectivity index (χ4v) is 7.73. The molecule has 1 aliphatic rings. The van der Waals surface area contributed by atoms with E-state index < -0.39 is 75.7 Å². The van der Waals surface area contributed by atoms with E-state index in [0.717, 1.165) is 51.4 Å². The van der Waals surface area contributed by atoms with E-state index in [2.05, 4.69) is 26.0 Å². The van der Waals surface area contributed by atoms with Crippen molar-refractivity contribution in [1.82, 2.24) is 0 Å². The van der Waals surface area contributed by atoms with Gasteiger partial charge in [-0.3, -0.25) is 18.6 Å². The van der Waals surface area contributed by atoms with Gasteiger partial charge in [-0.1, -0.05) is 148 Å². The highest BCUT2D eigenvalue weighted by Crippen LogP contribution is 2.47. The van der Waals surface area contributed by atoms with Gasteiger partial charge < -0.3 is 39.9 Å². The van der Waals surface area contributed by atoms with Crippen LogP contribution < -0.4 is 0 Å². The Morgan fingerprint density at radius 3 is 1.38 bits per heavy atom. The summed E-state index contributed by atoms with van der Waals surface area (Å²) >= 11 is 0. The lowest BCUT2D eigenvalue weighted by molar-refractivity contribution is -0.220. The Balaban J connectivity index is 2.49. The molecular formula is C42H79O13P. The molecule has 6 unspecified atom stereocenters. The molecule has 6 N–H and O–H groups in total. The van der Waals surface area contributed by atoms with Gasteiger partial charge in [0.05, 0.1) is 6.61 Å². The zero-order chi connectivity index (χ0) is 41.4. The fourth-order valence-electron chi connectivity index (χ4n) is 6.75. The molecule has 1 aliphatic carbocycles. The van der Waals surface area contributed by atoms with Crippen LogP contribution in [-0.2, 0) is 32.7 Å². The van der Waals surface area contributed by atoms with Gasteiger partial charge in [0.2, 0.25) is 0 Å². The Morgan fingerprint density at radius 1 is 0.536 bits per heavy atom. The number of ether oxygens (including phenoxy) is 2. The normalized spacial score (nSPS) is 22.9. The van der Waals surface area contributed by atoms with Crippen LogP contribution in [0.15, 0.2) is 12.2 Å². The van der Waals surface area contributed by atoms with Crippen molar-refractivity contribution in [2.75, 3.05) is 13.2 Å². The van der Waals surface area contributed by atoms with Crippen molar-refractivity contribution < 1.29 is 63.1 Å². The van der Waals surface area contributed by atoms with E-state index in [1.165, 1.54) is 96.3 Å². The van der Waals surface area contributed by atoms with Gasteiger partial charge in [0, 0.05) is 12.8 Å². The third-order valence-electron chi connectivity index (χ3n) is 10.4. The molecule has 1 rings (SSSR count). The third kappa shape index (κ3) is 25.8. The molecule has 13 nitrogen and oxygen atoms in total. The molecule has 0 bridgehead atoms. The van der Waals surface area contributed by atoms with Crippen LogP contribution in [-0.4, -0.2) is 98.3 Å². The number of hydrogen-bond acceptors (Lipinski definition) is 12. The van der Waals surface area contributed by atoms with E-state index in [4.69, 9.17) is 18.5 Å². The Bertz CT molecular complexity index is 1040. The van der Waals surface area contributed by atoms with Crippen LogP contribution in [0.25, 0.3) is 0 Å². The van der Waals surface area contributed by atoms with Gasteiger partial charge in [0.25, 0.3) is 0 Å². The monoisotopic (exact) mass is 823 g/mol. The van der Waals surface area contributed by atoms with E-state index in [0.29, 0.717) is 12.8 Å². The minimum absolute atomic E-state index is 0.0989. The number of carbonyl (C=O) groups is 2. The van der Waals surface area contributed by atoms with Crippen LogP contribution in [0, 0.1) is 0 Å². The van der Waals surface area contributed by atoms with Crippen LogP contribution in [0.1, 0.15) is 187 Å². The first-order valence-electron chi connectivity index (χ1n) is 22.0. The summed E-state index contributed by atoms with van der Waals surface area (Å²) in [7, 11) is -5.11. The van der Waals surface area contributed by atoms with E-state index >= 15 is 0 Å². The molecule has 0 aliphatic heterocycles. The molecule has 0 amide bonds. The van der Waals surface area contributed by atoms with Gasteiger partial charge in [0.1, 0.15) is 43.2 Å². The van der Waals surface area contributed by atoms with Crippen LogP contribution in [0.2, 0.25) is 0 Å². The predicted octanol–water partition coefficient (Wildman–Crippen LogP) is 7.89. The Labute approximate surface area is 337 Å². The number of allylic oxidation sites excluding steroid dienone is 2. The number of aliphatic hydroxyl groups is 5. The molecular weight excluding hydrogens is 743 g/mol. The summed E-state index contributed by atoms with van der Waals surface area (Å²) in [6.07, 6.45) is 19.9. The minimum Gasteiger partial charge on any atom is -0.462 e. The van der Waals surface area contributed by atoms with Crippen molar-refractivity contribution in [3.8, 4) is 0 Å². The van der Waals surface area contributed by atoms with Gasteiger partial charge in [-0.2, -0.15) is 0 Å². The molecule has 1 saturated carbocycles. The van der Waals surface area contributed by atoms with Crippen molar-refractivity contribution >= 4 is 19.8 Å². The van der Waals surface area contributed by atoms with E-state index in [1.54, 1.807) is 0 Å². The standard InChI is InChI=1S/C42H79O13P/c1-3-5-7-9-11-13-15-17-19-21-23-25-27-29-31-36(44)54-34(33-53-56(50,51)55-42-40(48)38(46)37(45)39(47)41(42)49)32-52-35(43)30-28-26-24-22-20-18-16-14-12-10-8-6-4-2/h18,20,34,37-42,45-49H,3-17,19,21-33H2,1-2H3,(H,50,51)/b20-18+/t34-,37?,38-,39?,40?,41?,42?/m1/s1. The Morgan fingerprint density at radius 2 is 0.911 bits per heavy atom. The molecule has 8 atom stereocenters. The maximum Gasteiger partial charge on any atom is 0.472 e. The van der Waals surface area contributed by atoms with Crippen LogP contribution in [0.4, 0.5) is 0 Å². The zero-order valence-corrected chi connectivity index (χ0v) is 35.6. The first-order valence-corrected chi connectivity index (χ1v) is 23.5. The second kappa shape index (κ2) is 33.4. The number of phosphoric acid groups is 1. The highest BCUT2D eigenvalue weighted by molar-refractivity contribution is 7.47. The third-order valence-corrected chi connectivity index (χ3v) is 11.3. The molecule has 0 aromatic rings. The van der Waals surface area contributed by atoms with Crippen molar-refractivity contribution in [1.29, 1.82) is 0 Å². The number of phosphoric ester groups is 1. The molecule has 0 aromatic carbocycles. The van der Waals surface area contributed by atoms with Gasteiger partial charge >= 0.3 is 19.8 Å². The minimum atomic E-state index is -5.11. The molecule has 330 valence electrons. The zero-order valence-electron chi connectivity index (χ0n) is 34.7. The van der Waals surface area contributed by atoms with Crippen molar-refractivity contribution in [2.45, 2.75) is 230 Å². The predicted molar refractivity (Wildman–Crippen MR) is 217 cm³/mol. The van der Waals surface area contributed by atoms with E-state index in [9.17, 15) is 44.6 Å².